The molecule has 8 heteroatoms. The van der Waals surface area contributed by atoms with Crippen LogP contribution in [-0.2, 0) is 17.8 Å². The van der Waals surface area contributed by atoms with Crippen molar-refractivity contribution in [3.05, 3.63) is 86.8 Å². The van der Waals surface area contributed by atoms with E-state index in [9.17, 15) is 9.59 Å². The van der Waals surface area contributed by atoms with Gasteiger partial charge in [0.2, 0.25) is 5.91 Å². The summed E-state index contributed by atoms with van der Waals surface area (Å²) in [6, 6.07) is 15.8. The molecule has 0 unspecified atom stereocenters. The van der Waals surface area contributed by atoms with Crippen LogP contribution >= 0.6 is 23.2 Å². The highest BCUT2D eigenvalue weighted by Crippen LogP contribution is 2.25. The molecule has 2 heterocycles. The van der Waals surface area contributed by atoms with Crippen LogP contribution in [0.2, 0.25) is 10.0 Å². The number of carbonyl (C=O) groups is 1. The molecule has 2 aromatic carbocycles. The van der Waals surface area contributed by atoms with Gasteiger partial charge in [-0.3, -0.25) is 9.59 Å². The summed E-state index contributed by atoms with van der Waals surface area (Å²) in [5.74, 6) is -0.293. The summed E-state index contributed by atoms with van der Waals surface area (Å²) >= 11 is 12.3. The molecule has 4 rings (SSSR count). The van der Waals surface area contributed by atoms with E-state index in [4.69, 9.17) is 23.2 Å². The van der Waals surface area contributed by atoms with Gasteiger partial charge in [0.25, 0.3) is 5.56 Å². The van der Waals surface area contributed by atoms with Gasteiger partial charge in [-0.15, -0.1) is 0 Å². The molecule has 30 heavy (non-hydrogen) atoms. The lowest BCUT2D eigenvalue weighted by atomic mass is 10.1. The highest BCUT2D eigenvalue weighted by Gasteiger charge is 2.10. The summed E-state index contributed by atoms with van der Waals surface area (Å²) in [5.41, 5.74) is 2.93. The van der Waals surface area contributed by atoms with Crippen LogP contribution in [0.15, 0.2) is 65.6 Å². The smallest absolute Gasteiger partial charge is 0.267 e. The standard InChI is InChI=1S/C22H18Cl2N4O2/c23-15-5-6-19-17(11-15)14(12-26-19)9-10-25-21(29)13-28-22(30)8-7-20(27-28)16-3-1-2-4-18(16)24/h1-8,11-12,26H,9-10,13H2,(H,25,29). The van der Waals surface area contributed by atoms with Crippen LogP contribution in [0.4, 0.5) is 0 Å². The lowest BCUT2D eigenvalue weighted by Crippen LogP contribution is -2.34. The first-order valence-electron chi connectivity index (χ1n) is 9.36. The molecule has 0 spiro atoms. The molecule has 6 nitrogen and oxygen atoms in total. The summed E-state index contributed by atoms with van der Waals surface area (Å²) in [6.45, 7) is 0.258. The Morgan fingerprint density at radius 1 is 1.10 bits per heavy atom. The minimum absolute atomic E-state index is 0.170. The van der Waals surface area contributed by atoms with E-state index >= 15 is 0 Å². The summed E-state index contributed by atoms with van der Waals surface area (Å²) in [7, 11) is 0. The van der Waals surface area contributed by atoms with E-state index in [0.29, 0.717) is 34.3 Å². The van der Waals surface area contributed by atoms with E-state index in [1.54, 1.807) is 12.1 Å². The van der Waals surface area contributed by atoms with Gasteiger partial charge in [-0.2, -0.15) is 5.10 Å². The van der Waals surface area contributed by atoms with Crippen molar-refractivity contribution in [1.29, 1.82) is 0 Å². The van der Waals surface area contributed by atoms with Crippen molar-refractivity contribution < 1.29 is 4.79 Å². The Labute approximate surface area is 182 Å². The number of rotatable bonds is 6. The molecule has 4 aromatic rings. The van der Waals surface area contributed by atoms with E-state index in [2.05, 4.69) is 15.4 Å². The zero-order chi connectivity index (χ0) is 21.1. The molecule has 0 atom stereocenters. The van der Waals surface area contributed by atoms with Gasteiger partial charge in [-0.25, -0.2) is 4.68 Å². The number of hydrogen-bond donors (Lipinski definition) is 2. The molecule has 2 aromatic heterocycles. The third-order valence-electron chi connectivity index (χ3n) is 4.76. The van der Waals surface area contributed by atoms with E-state index in [0.717, 1.165) is 21.1 Å². The molecule has 0 bridgehead atoms. The van der Waals surface area contributed by atoms with Crippen molar-refractivity contribution in [2.75, 3.05) is 6.54 Å². The number of fused-ring (bicyclic) bond motifs is 1. The van der Waals surface area contributed by atoms with E-state index in [1.807, 2.05) is 42.6 Å². The normalized spacial score (nSPS) is 11.0. The number of amides is 1. The second-order valence-electron chi connectivity index (χ2n) is 6.80. The lowest BCUT2D eigenvalue weighted by Gasteiger charge is -2.09. The number of nitrogens with one attached hydrogen (secondary N) is 2. The van der Waals surface area contributed by atoms with Gasteiger partial charge in [0.1, 0.15) is 6.54 Å². The van der Waals surface area contributed by atoms with Crippen LogP contribution < -0.4 is 10.9 Å². The molecular weight excluding hydrogens is 423 g/mol. The fraction of sp³-hybridized carbons (Fsp3) is 0.136. The van der Waals surface area contributed by atoms with Crippen LogP contribution in [0.5, 0.6) is 0 Å². The van der Waals surface area contributed by atoms with Gasteiger partial charge in [-0.1, -0.05) is 41.4 Å². The van der Waals surface area contributed by atoms with Crippen molar-refractivity contribution in [3.63, 3.8) is 0 Å². The molecule has 152 valence electrons. The number of nitrogens with zero attached hydrogens (tertiary/aromatic N) is 2. The molecule has 0 aliphatic heterocycles. The number of hydrogen-bond acceptors (Lipinski definition) is 3. The Morgan fingerprint density at radius 2 is 1.93 bits per heavy atom. The first-order chi connectivity index (χ1) is 14.5. The molecule has 0 saturated carbocycles. The van der Waals surface area contributed by atoms with Gasteiger partial charge in [0, 0.05) is 40.3 Å². The fourth-order valence-corrected chi connectivity index (χ4v) is 3.67. The Morgan fingerprint density at radius 3 is 2.77 bits per heavy atom. The quantitative estimate of drug-likeness (QED) is 0.474. The van der Waals surface area contributed by atoms with Crippen molar-refractivity contribution in [2.45, 2.75) is 13.0 Å². The Balaban J connectivity index is 1.41. The van der Waals surface area contributed by atoms with Gasteiger partial charge in [-0.05, 0) is 42.3 Å². The van der Waals surface area contributed by atoms with E-state index in [-0.39, 0.29) is 18.0 Å². The molecule has 0 fully saturated rings. The number of aromatic nitrogens is 3. The van der Waals surface area contributed by atoms with Crippen molar-refractivity contribution in [2.24, 2.45) is 0 Å². The number of benzene rings is 2. The Hall–Kier alpha value is -3.09. The molecule has 0 radical (unpaired) electrons. The maximum Gasteiger partial charge on any atom is 0.267 e. The first kappa shape index (κ1) is 20.2. The third-order valence-corrected chi connectivity index (χ3v) is 5.32. The highest BCUT2D eigenvalue weighted by molar-refractivity contribution is 6.33. The van der Waals surface area contributed by atoms with Gasteiger partial charge >= 0.3 is 0 Å². The van der Waals surface area contributed by atoms with E-state index in [1.165, 1.54) is 6.07 Å². The predicted molar refractivity (Wildman–Crippen MR) is 119 cm³/mol. The average molecular weight is 441 g/mol. The predicted octanol–water partition coefficient (Wildman–Crippen LogP) is 4.06. The van der Waals surface area contributed by atoms with Gasteiger partial charge < -0.3 is 10.3 Å². The number of H-pyrrole nitrogens is 1. The van der Waals surface area contributed by atoms with Crippen LogP contribution in [0.1, 0.15) is 5.56 Å². The number of aromatic amines is 1. The molecule has 0 aliphatic carbocycles. The van der Waals surface area contributed by atoms with Crippen molar-refractivity contribution in [3.8, 4) is 11.3 Å². The zero-order valence-electron chi connectivity index (χ0n) is 15.9. The largest absolute Gasteiger partial charge is 0.361 e. The van der Waals surface area contributed by atoms with E-state index < -0.39 is 0 Å². The minimum atomic E-state index is -0.354. The van der Waals surface area contributed by atoms with Crippen LogP contribution in [-0.4, -0.2) is 27.2 Å². The summed E-state index contributed by atoms with van der Waals surface area (Å²) in [4.78, 5) is 27.7. The first-order valence-corrected chi connectivity index (χ1v) is 10.1. The maximum atomic E-state index is 12.4. The Kier molecular flexibility index (Phi) is 5.88. The number of halogens is 2. The van der Waals surface area contributed by atoms with Crippen molar-refractivity contribution >= 4 is 40.0 Å². The monoisotopic (exact) mass is 440 g/mol. The molecule has 1 amide bonds. The molecule has 2 N–H and O–H groups in total. The fourth-order valence-electron chi connectivity index (χ4n) is 3.26. The summed E-state index contributed by atoms with van der Waals surface area (Å²) in [6.07, 6.45) is 2.54. The second kappa shape index (κ2) is 8.73. The maximum absolute atomic E-state index is 12.4. The zero-order valence-corrected chi connectivity index (χ0v) is 17.4. The second-order valence-corrected chi connectivity index (χ2v) is 7.64. The van der Waals surface area contributed by atoms with Crippen LogP contribution in [0.3, 0.4) is 0 Å². The SMILES string of the molecule is O=C(Cn1nc(-c2ccccc2Cl)ccc1=O)NCCc1c[nH]c2ccc(Cl)cc12. The minimum Gasteiger partial charge on any atom is -0.361 e. The van der Waals surface area contributed by atoms with Crippen molar-refractivity contribution in [1.82, 2.24) is 20.1 Å². The van der Waals surface area contributed by atoms with Crippen LogP contribution in [0.25, 0.3) is 22.2 Å². The average Bonchev–Trinajstić information content (AvgIpc) is 3.12. The van der Waals surface area contributed by atoms with Crippen LogP contribution in [0, 0.1) is 0 Å². The molecule has 0 aliphatic rings. The van der Waals surface area contributed by atoms with Gasteiger partial charge in [0.05, 0.1) is 10.7 Å². The highest BCUT2D eigenvalue weighted by atomic mass is 35.5. The lowest BCUT2D eigenvalue weighted by molar-refractivity contribution is -0.121. The third kappa shape index (κ3) is 4.40. The number of carbonyl (C=O) groups excluding carboxylic acids is 1. The molecular formula is C22H18Cl2N4O2. The topological polar surface area (TPSA) is 79.8 Å². The molecule has 0 saturated heterocycles. The summed E-state index contributed by atoms with van der Waals surface area (Å²) < 4.78 is 1.14. The summed E-state index contributed by atoms with van der Waals surface area (Å²) in [5, 5.41) is 9.35. The van der Waals surface area contributed by atoms with Gasteiger partial charge in [0.15, 0.2) is 0 Å². The Bertz CT molecular complexity index is 1280.